The van der Waals surface area contributed by atoms with E-state index in [-0.39, 0.29) is 30.1 Å². The molecule has 3 rings (SSSR count). The van der Waals surface area contributed by atoms with Crippen molar-refractivity contribution < 1.29 is 28.7 Å². The van der Waals surface area contributed by atoms with Gasteiger partial charge in [0.25, 0.3) is 11.8 Å². The van der Waals surface area contributed by atoms with Crippen molar-refractivity contribution in [3.63, 3.8) is 0 Å². The Hall–Kier alpha value is -3.67. The first-order chi connectivity index (χ1) is 17.0. The highest BCUT2D eigenvalue weighted by molar-refractivity contribution is 6.24. The van der Waals surface area contributed by atoms with Crippen LogP contribution in [0.25, 0.3) is 0 Å². The minimum Gasteiger partial charge on any atom is -0.444 e. The number of ether oxygens (including phenoxy) is 1. The molecule has 192 valence electrons. The van der Waals surface area contributed by atoms with Gasteiger partial charge in [0.15, 0.2) is 0 Å². The molecule has 5 amide bonds. The van der Waals surface area contributed by atoms with Crippen LogP contribution in [0.15, 0.2) is 18.2 Å². The zero-order valence-corrected chi connectivity index (χ0v) is 21.3. The van der Waals surface area contributed by atoms with Crippen LogP contribution in [0.5, 0.6) is 0 Å². The number of rotatable bonds is 7. The van der Waals surface area contributed by atoms with Gasteiger partial charge in [-0.25, -0.2) is 4.79 Å². The summed E-state index contributed by atoms with van der Waals surface area (Å²) in [6.07, 6.45) is 4.12. The fraction of sp³-hybridized carbons (Fsp3) is 0.519. The Morgan fingerprint density at radius 2 is 1.83 bits per heavy atom. The van der Waals surface area contributed by atoms with E-state index in [4.69, 9.17) is 4.74 Å². The maximum Gasteiger partial charge on any atom is 0.410 e. The first kappa shape index (κ1) is 26.9. The van der Waals surface area contributed by atoms with Crippen LogP contribution < -0.4 is 5.32 Å². The van der Waals surface area contributed by atoms with E-state index in [9.17, 15) is 24.0 Å². The molecular formula is C27H33N3O6. The Kier molecular flexibility index (Phi) is 8.51. The van der Waals surface area contributed by atoms with E-state index in [1.165, 1.54) is 0 Å². The summed E-state index contributed by atoms with van der Waals surface area (Å²) in [5.41, 5.74) is 0.388. The number of benzene rings is 1. The molecule has 1 aromatic carbocycles. The molecule has 0 aromatic heterocycles. The summed E-state index contributed by atoms with van der Waals surface area (Å²) >= 11 is 0. The van der Waals surface area contributed by atoms with Crippen molar-refractivity contribution in [3.05, 3.63) is 34.9 Å². The molecule has 2 heterocycles. The fourth-order valence-electron chi connectivity index (χ4n) is 4.12. The lowest BCUT2D eigenvalue weighted by atomic mass is 10.0. The van der Waals surface area contributed by atoms with Gasteiger partial charge in [-0.15, -0.1) is 0 Å². The molecule has 9 heteroatoms. The molecule has 0 aliphatic carbocycles. The first-order valence-corrected chi connectivity index (χ1v) is 12.3. The summed E-state index contributed by atoms with van der Waals surface area (Å²) in [6.45, 7) is 6.14. The third-order valence-electron chi connectivity index (χ3n) is 5.94. The zero-order valence-electron chi connectivity index (χ0n) is 21.3. The van der Waals surface area contributed by atoms with Gasteiger partial charge in [0.05, 0.1) is 11.1 Å². The van der Waals surface area contributed by atoms with E-state index in [2.05, 4.69) is 17.2 Å². The van der Waals surface area contributed by atoms with Crippen LogP contribution >= 0.6 is 0 Å². The number of nitrogens with one attached hydrogen (secondary N) is 1. The Morgan fingerprint density at radius 1 is 1.11 bits per heavy atom. The summed E-state index contributed by atoms with van der Waals surface area (Å²) in [4.78, 5) is 64.1. The molecule has 1 saturated heterocycles. The highest BCUT2D eigenvalue weighted by atomic mass is 16.6. The summed E-state index contributed by atoms with van der Waals surface area (Å²) < 4.78 is 5.34. The Labute approximate surface area is 211 Å². The first-order valence-electron chi connectivity index (χ1n) is 12.3. The quantitative estimate of drug-likeness (QED) is 0.353. The van der Waals surface area contributed by atoms with E-state index in [1.807, 2.05) is 20.8 Å². The van der Waals surface area contributed by atoms with Crippen LogP contribution in [-0.2, 0) is 14.3 Å². The molecule has 9 nitrogen and oxygen atoms in total. The second-order valence-electron chi connectivity index (χ2n) is 10.0. The van der Waals surface area contributed by atoms with Crippen molar-refractivity contribution in [2.24, 2.45) is 0 Å². The van der Waals surface area contributed by atoms with Gasteiger partial charge in [0.2, 0.25) is 11.8 Å². The van der Waals surface area contributed by atoms with Crippen LogP contribution in [0.3, 0.4) is 0 Å². The molecule has 0 radical (unpaired) electrons. The van der Waals surface area contributed by atoms with Gasteiger partial charge < -0.3 is 9.64 Å². The van der Waals surface area contributed by atoms with Crippen molar-refractivity contribution in [1.82, 2.24) is 15.1 Å². The number of imide groups is 2. The maximum absolute atomic E-state index is 13.1. The molecular weight excluding hydrogens is 462 g/mol. The number of amides is 5. The molecule has 2 aliphatic heterocycles. The monoisotopic (exact) mass is 495 g/mol. The van der Waals surface area contributed by atoms with E-state index in [0.717, 1.165) is 30.6 Å². The molecule has 1 N–H and O–H groups in total. The average molecular weight is 496 g/mol. The van der Waals surface area contributed by atoms with Crippen LogP contribution in [0, 0.1) is 11.8 Å². The Bertz CT molecular complexity index is 1120. The number of fused-ring (bicyclic) bond motifs is 1. The van der Waals surface area contributed by atoms with Gasteiger partial charge in [0.1, 0.15) is 11.6 Å². The third-order valence-corrected chi connectivity index (χ3v) is 5.94. The van der Waals surface area contributed by atoms with E-state index in [1.54, 1.807) is 30.1 Å². The number of nitrogens with zero attached hydrogens (tertiary/aromatic N) is 2. The SMILES string of the molecule is CN(CCCCCCC#Cc1cccc2c1C(=O)N(C1CCC(=O)NC1=O)C2=O)C(=O)OC(C)(C)C. The zero-order chi connectivity index (χ0) is 26.5. The van der Waals surface area contributed by atoms with E-state index >= 15 is 0 Å². The predicted octanol–water partition coefficient (Wildman–Crippen LogP) is 3.26. The normalized spacial score (nSPS) is 17.3. The summed E-state index contributed by atoms with van der Waals surface area (Å²) in [5.74, 6) is 3.96. The lowest BCUT2D eigenvalue weighted by molar-refractivity contribution is -0.136. The fourth-order valence-corrected chi connectivity index (χ4v) is 4.12. The van der Waals surface area contributed by atoms with Crippen LogP contribution in [0.2, 0.25) is 0 Å². The molecule has 1 atom stereocenters. The van der Waals surface area contributed by atoms with Gasteiger partial charge in [-0.05, 0) is 52.2 Å². The Morgan fingerprint density at radius 3 is 2.53 bits per heavy atom. The predicted molar refractivity (Wildman–Crippen MR) is 132 cm³/mol. The Balaban J connectivity index is 1.50. The number of hydrogen-bond donors (Lipinski definition) is 1. The second-order valence-corrected chi connectivity index (χ2v) is 10.0. The molecule has 0 spiro atoms. The molecule has 0 saturated carbocycles. The molecule has 1 unspecified atom stereocenters. The van der Waals surface area contributed by atoms with Gasteiger partial charge in [-0.2, -0.15) is 0 Å². The van der Waals surface area contributed by atoms with Crippen LogP contribution in [0.1, 0.15) is 92.0 Å². The van der Waals surface area contributed by atoms with Gasteiger partial charge in [-0.1, -0.05) is 30.7 Å². The number of carbonyl (C=O) groups excluding carboxylic acids is 5. The number of unbranched alkanes of at least 4 members (excludes halogenated alkanes) is 4. The average Bonchev–Trinajstić information content (AvgIpc) is 3.05. The van der Waals surface area contributed by atoms with Gasteiger partial charge in [-0.3, -0.25) is 29.4 Å². The lowest BCUT2D eigenvalue weighted by Crippen LogP contribution is -2.54. The molecule has 1 aromatic rings. The van der Waals surface area contributed by atoms with Gasteiger partial charge in [0, 0.05) is 32.0 Å². The van der Waals surface area contributed by atoms with Crippen LogP contribution in [-0.4, -0.2) is 64.8 Å². The largest absolute Gasteiger partial charge is 0.444 e. The lowest BCUT2D eigenvalue weighted by Gasteiger charge is -2.27. The molecule has 2 aliphatic rings. The summed E-state index contributed by atoms with van der Waals surface area (Å²) in [7, 11) is 1.73. The third kappa shape index (κ3) is 6.51. The second kappa shape index (κ2) is 11.4. The van der Waals surface area contributed by atoms with E-state index in [0.29, 0.717) is 18.5 Å². The van der Waals surface area contributed by atoms with E-state index < -0.39 is 35.3 Å². The summed E-state index contributed by atoms with van der Waals surface area (Å²) in [6, 6.07) is 3.92. The standard InChI is InChI=1S/C27H33N3O6/c1-27(2,3)36-26(35)29(4)17-10-8-6-5-7-9-12-18-13-11-14-19-22(18)25(34)30(24(19)33)20-15-16-21(31)28-23(20)32/h11,13-14,20H,5-8,10,15-17H2,1-4H3,(H,28,31,32). The van der Waals surface area contributed by atoms with Crippen molar-refractivity contribution in [3.8, 4) is 11.8 Å². The number of piperidine rings is 1. The highest BCUT2D eigenvalue weighted by Gasteiger charge is 2.45. The van der Waals surface area contributed by atoms with Crippen molar-refractivity contribution >= 4 is 29.7 Å². The van der Waals surface area contributed by atoms with Crippen molar-refractivity contribution in [1.29, 1.82) is 0 Å². The summed E-state index contributed by atoms with van der Waals surface area (Å²) in [5, 5.41) is 2.19. The molecule has 1 fully saturated rings. The minimum absolute atomic E-state index is 0.0771. The molecule has 0 bridgehead atoms. The molecule has 36 heavy (non-hydrogen) atoms. The smallest absolute Gasteiger partial charge is 0.410 e. The highest BCUT2D eigenvalue weighted by Crippen LogP contribution is 2.29. The number of carbonyl (C=O) groups is 5. The topological polar surface area (TPSA) is 113 Å². The number of hydrogen-bond acceptors (Lipinski definition) is 6. The minimum atomic E-state index is -0.995. The van der Waals surface area contributed by atoms with Crippen molar-refractivity contribution in [2.45, 2.75) is 77.4 Å². The van der Waals surface area contributed by atoms with Gasteiger partial charge >= 0.3 is 6.09 Å². The van der Waals surface area contributed by atoms with Crippen LogP contribution in [0.4, 0.5) is 4.79 Å². The maximum atomic E-state index is 13.1. The van der Waals surface area contributed by atoms with Crippen molar-refractivity contribution in [2.75, 3.05) is 13.6 Å².